The van der Waals surface area contributed by atoms with Gasteiger partial charge < -0.3 is 30.9 Å². The van der Waals surface area contributed by atoms with Crippen LogP contribution in [0.25, 0.3) is 0 Å². The molecule has 0 saturated carbocycles. The summed E-state index contributed by atoms with van der Waals surface area (Å²) in [6.07, 6.45) is -3.82. The van der Waals surface area contributed by atoms with Crippen LogP contribution in [0.2, 0.25) is 0 Å². The minimum Gasteiger partial charge on any atom is -0.481 e. The Morgan fingerprint density at radius 2 is 1.14 bits per heavy atom. The molecule has 0 radical (unpaired) electrons. The van der Waals surface area contributed by atoms with Gasteiger partial charge in [-0.25, -0.2) is 0 Å². The van der Waals surface area contributed by atoms with Gasteiger partial charge >= 0.3 is 23.9 Å². The fourth-order valence-electron chi connectivity index (χ4n) is 2.38. The first-order valence-corrected chi connectivity index (χ1v) is 6.28. The number of rotatable bonds is 11. The van der Waals surface area contributed by atoms with Gasteiger partial charge in [0.25, 0.3) is 0 Å². The maximum Gasteiger partial charge on any atom is 0.307 e. The maximum absolute atomic E-state index is 11.1. The first-order valence-electron chi connectivity index (χ1n) is 6.28. The van der Waals surface area contributed by atoms with Crippen molar-refractivity contribution in [3.05, 3.63) is 0 Å². The Labute approximate surface area is 125 Å². The summed E-state index contributed by atoms with van der Waals surface area (Å²) in [6, 6.07) is 0. The second-order valence-electron chi connectivity index (χ2n) is 4.88. The molecule has 0 fully saturated rings. The van der Waals surface area contributed by atoms with Crippen LogP contribution >= 0.6 is 0 Å². The molecular weight excluding hydrogens is 302 g/mol. The molecule has 1 unspecified atom stereocenters. The second kappa shape index (κ2) is 7.71. The maximum atomic E-state index is 11.1. The molecule has 0 aromatic heterocycles. The number of hydrogen-bond donors (Lipinski definition) is 5. The fraction of sp³-hybridized carbons (Fsp3) is 0.667. The Balaban J connectivity index is 6.09. The average molecular weight is 321 g/mol. The standard InChI is InChI=1S/C12H19NO9/c1-2-22-12(13,6-10(20)21)11(3-7(14)15,4-8(16)17)5-9(18)19/h2-6,13H2,1H3,(H,14,15)(H,16,17)(H,18,19)(H,20,21). The van der Waals surface area contributed by atoms with E-state index >= 15 is 0 Å². The van der Waals surface area contributed by atoms with Crippen LogP contribution in [0.3, 0.4) is 0 Å². The Morgan fingerprint density at radius 3 is 1.36 bits per heavy atom. The molecule has 22 heavy (non-hydrogen) atoms. The quantitative estimate of drug-likeness (QED) is 0.312. The summed E-state index contributed by atoms with van der Waals surface area (Å²) in [5.74, 6) is -6.01. The van der Waals surface area contributed by atoms with E-state index in [1.54, 1.807) is 0 Å². The number of carboxylic acids is 4. The topological polar surface area (TPSA) is 184 Å². The van der Waals surface area contributed by atoms with E-state index in [-0.39, 0.29) is 6.61 Å². The Kier molecular flexibility index (Phi) is 6.94. The van der Waals surface area contributed by atoms with Gasteiger partial charge in [-0.1, -0.05) is 0 Å². The molecule has 0 saturated heterocycles. The predicted molar refractivity (Wildman–Crippen MR) is 70.0 cm³/mol. The highest BCUT2D eigenvalue weighted by Gasteiger charge is 2.54. The molecule has 0 aromatic rings. The van der Waals surface area contributed by atoms with Crippen LogP contribution in [0.15, 0.2) is 0 Å². The zero-order chi connectivity index (χ0) is 17.6. The van der Waals surface area contributed by atoms with Gasteiger partial charge in [0.1, 0.15) is 5.72 Å². The predicted octanol–water partition coefficient (Wildman–Crippen LogP) is -0.437. The number of carboxylic acid groups (broad SMARTS) is 4. The third kappa shape index (κ3) is 5.30. The fourth-order valence-corrected chi connectivity index (χ4v) is 2.38. The summed E-state index contributed by atoms with van der Waals surface area (Å²) in [7, 11) is 0. The Hall–Kier alpha value is -2.20. The van der Waals surface area contributed by atoms with Crippen molar-refractivity contribution >= 4 is 23.9 Å². The lowest BCUT2D eigenvalue weighted by molar-refractivity contribution is -0.185. The van der Waals surface area contributed by atoms with Crippen LogP contribution < -0.4 is 5.73 Å². The Bertz CT molecular complexity index is 421. The molecule has 0 rings (SSSR count). The highest BCUT2D eigenvalue weighted by Crippen LogP contribution is 2.43. The summed E-state index contributed by atoms with van der Waals surface area (Å²) in [4.78, 5) is 44.2. The van der Waals surface area contributed by atoms with E-state index in [1.807, 2.05) is 0 Å². The van der Waals surface area contributed by atoms with Gasteiger partial charge in [-0.3, -0.25) is 19.2 Å². The summed E-state index contributed by atoms with van der Waals surface area (Å²) < 4.78 is 5.12. The van der Waals surface area contributed by atoms with E-state index < -0.39 is 60.7 Å². The smallest absolute Gasteiger partial charge is 0.307 e. The monoisotopic (exact) mass is 321 g/mol. The first-order chi connectivity index (χ1) is 9.98. The van der Waals surface area contributed by atoms with Crippen molar-refractivity contribution in [3.63, 3.8) is 0 Å². The molecule has 0 heterocycles. The van der Waals surface area contributed by atoms with Gasteiger partial charge in [0.05, 0.1) is 25.7 Å². The van der Waals surface area contributed by atoms with E-state index in [0.29, 0.717) is 0 Å². The summed E-state index contributed by atoms with van der Waals surface area (Å²) in [5.41, 5.74) is 1.46. The lowest BCUT2D eigenvalue weighted by Crippen LogP contribution is -2.61. The van der Waals surface area contributed by atoms with Gasteiger partial charge in [0, 0.05) is 12.0 Å². The molecule has 0 amide bonds. The van der Waals surface area contributed by atoms with Crippen molar-refractivity contribution in [1.29, 1.82) is 0 Å². The van der Waals surface area contributed by atoms with Crippen molar-refractivity contribution < 1.29 is 44.3 Å². The molecule has 0 spiro atoms. The van der Waals surface area contributed by atoms with Crippen LogP contribution in [-0.2, 0) is 23.9 Å². The molecule has 10 nitrogen and oxygen atoms in total. The van der Waals surface area contributed by atoms with E-state index in [9.17, 15) is 19.2 Å². The number of ether oxygens (including phenoxy) is 1. The average Bonchev–Trinajstić information content (AvgIpc) is 2.24. The molecule has 0 aliphatic rings. The molecule has 0 aromatic carbocycles. The molecule has 10 heteroatoms. The van der Waals surface area contributed by atoms with Gasteiger partial charge in [0.2, 0.25) is 0 Å². The SMILES string of the molecule is CCOC(N)(CC(=O)O)C(CC(=O)O)(CC(=O)O)CC(=O)O. The van der Waals surface area contributed by atoms with Gasteiger partial charge in [-0.2, -0.15) is 0 Å². The van der Waals surface area contributed by atoms with Gasteiger partial charge in [-0.15, -0.1) is 0 Å². The minimum atomic E-state index is -2.26. The van der Waals surface area contributed by atoms with Gasteiger partial charge in [-0.05, 0) is 6.92 Å². The third-order valence-corrected chi connectivity index (χ3v) is 3.18. The van der Waals surface area contributed by atoms with Crippen LogP contribution in [0.1, 0.15) is 32.6 Å². The Morgan fingerprint density at radius 1 is 0.818 bits per heavy atom. The van der Waals surface area contributed by atoms with Crippen molar-refractivity contribution in [2.45, 2.75) is 38.3 Å². The summed E-state index contributed by atoms with van der Waals surface area (Å²) >= 11 is 0. The van der Waals surface area contributed by atoms with Gasteiger partial charge in [0.15, 0.2) is 0 Å². The molecule has 0 aliphatic carbocycles. The first kappa shape index (κ1) is 19.8. The van der Waals surface area contributed by atoms with Crippen molar-refractivity contribution in [2.24, 2.45) is 11.1 Å². The van der Waals surface area contributed by atoms with E-state index in [2.05, 4.69) is 0 Å². The highest BCUT2D eigenvalue weighted by atomic mass is 16.5. The molecular formula is C12H19NO9. The lowest BCUT2D eigenvalue weighted by atomic mass is 9.68. The largest absolute Gasteiger partial charge is 0.481 e. The molecule has 6 N–H and O–H groups in total. The van der Waals surface area contributed by atoms with Crippen LogP contribution in [0.4, 0.5) is 0 Å². The molecule has 0 aliphatic heterocycles. The number of aliphatic carboxylic acids is 4. The zero-order valence-corrected chi connectivity index (χ0v) is 11.9. The minimum absolute atomic E-state index is 0.148. The van der Waals surface area contributed by atoms with E-state index in [0.717, 1.165) is 0 Å². The van der Waals surface area contributed by atoms with E-state index in [1.165, 1.54) is 6.92 Å². The molecule has 0 bridgehead atoms. The number of nitrogens with two attached hydrogens (primary N) is 1. The van der Waals surface area contributed by atoms with Crippen molar-refractivity contribution in [1.82, 2.24) is 0 Å². The third-order valence-electron chi connectivity index (χ3n) is 3.18. The van der Waals surface area contributed by atoms with Crippen LogP contribution in [0, 0.1) is 5.41 Å². The van der Waals surface area contributed by atoms with Crippen molar-refractivity contribution in [3.8, 4) is 0 Å². The molecule has 1 atom stereocenters. The summed E-state index contributed by atoms with van der Waals surface area (Å²) in [6.45, 7) is 1.29. The normalized spacial score (nSPS) is 14.1. The van der Waals surface area contributed by atoms with E-state index in [4.69, 9.17) is 30.9 Å². The summed E-state index contributed by atoms with van der Waals surface area (Å²) in [5, 5.41) is 35.9. The van der Waals surface area contributed by atoms with Crippen molar-refractivity contribution in [2.75, 3.05) is 6.61 Å². The number of carbonyl (C=O) groups is 4. The van der Waals surface area contributed by atoms with Crippen LogP contribution in [0.5, 0.6) is 0 Å². The highest BCUT2D eigenvalue weighted by molar-refractivity contribution is 5.77. The number of hydrogen-bond acceptors (Lipinski definition) is 6. The lowest BCUT2D eigenvalue weighted by Gasteiger charge is -2.45. The zero-order valence-electron chi connectivity index (χ0n) is 11.9. The molecule has 126 valence electrons. The second-order valence-corrected chi connectivity index (χ2v) is 4.88. The van der Waals surface area contributed by atoms with Crippen LogP contribution in [-0.4, -0.2) is 56.6 Å².